The lowest BCUT2D eigenvalue weighted by atomic mass is 9.87. The third-order valence-corrected chi connectivity index (χ3v) is 3.93. The second kappa shape index (κ2) is 7.95. The Morgan fingerprint density at radius 1 is 0.529 bits per heavy atom. The van der Waals surface area contributed by atoms with Crippen LogP contribution in [-0.4, -0.2) is 64.6 Å². The Morgan fingerprint density at radius 3 is 1.06 bits per heavy atom. The standard InChI is InChI=1S/C13H5F19O2/c1-3(4(33)34)5(14,15)2-6(16,17)7(18,19)8(20,21)9(22,23)10(24,25)11(26,27)12(28,29)13(30,31)32/h1-2H2,(H,33,34). The molecule has 0 fully saturated rings. The maximum atomic E-state index is 13.4. The van der Waals surface area contributed by atoms with E-state index in [-0.39, 0.29) is 0 Å². The Labute approximate surface area is 173 Å². The highest BCUT2D eigenvalue weighted by atomic mass is 19.4. The highest BCUT2D eigenvalue weighted by Crippen LogP contribution is 2.64. The molecule has 34 heavy (non-hydrogen) atoms. The second-order valence-corrected chi connectivity index (χ2v) is 6.31. The molecule has 202 valence electrons. The van der Waals surface area contributed by atoms with Gasteiger partial charge in [0.25, 0.3) is 5.92 Å². The summed E-state index contributed by atoms with van der Waals surface area (Å²) in [6.07, 6.45) is -12.2. The van der Waals surface area contributed by atoms with Crippen molar-refractivity contribution in [2.75, 3.05) is 0 Å². The number of aliphatic carboxylic acids is 1. The summed E-state index contributed by atoms with van der Waals surface area (Å²) < 4.78 is 247. The normalized spacial score (nSPS) is 16.0. The first-order valence-electron chi connectivity index (χ1n) is 7.33. The molecule has 0 bridgehead atoms. The monoisotopic (exact) mass is 554 g/mol. The van der Waals surface area contributed by atoms with Gasteiger partial charge in [0, 0.05) is 0 Å². The van der Waals surface area contributed by atoms with Gasteiger partial charge in [-0.25, -0.2) is 13.6 Å². The zero-order chi connectivity index (χ0) is 28.4. The third-order valence-electron chi connectivity index (χ3n) is 3.93. The van der Waals surface area contributed by atoms with Gasteiger partial charge in [-0.1, -0.05) is 6.58 Å². The summed E-state index contributed by atoms with van der Waals surface area (Å²) in [5.74, 6) is -68.3. The molecule has 0 aromatic carbocycles. The summed E-state index contributed by atoms with van der Waals surface area (Å²) in [5, 5.41) is 8.12. The Kier molecular flexibility index (Phi) is 7.46. The van der Waals surface area contributed by atoms with Crippen LogP contribution in [0.15, 0.2) is 12.2 Å². The van der Waals surface area contributed by atoms with Gasteiger partial charge in [0.1, 0.15) is 0 Å². The van der Waals surface area contributed by atoms with Crippen LogP contribution in [0.3, 0.4) is 0 Å². The first-order chi connectivity index (χ1) is 14.3. The number of hydrogen-bond donors (Lipinski definition) is 1. The smallest absolute Gasteiger partial charge is 0.460 e. The van der Waals surface area contributed by atoms with Gasteiger partial charge in [-0.15, -0.1) is 0 Å². The molecule has 0 atom stereocenters. The molecule has 0 aromatic heterocycles. The number of hydrogen-bond acceptors (Lipinski definition) is 1. The van der Waals surface area contributed by atoms with E-state index in [1.165, 1.54) is 0 Å². The van der Waals surface area contributed by atoms with E-state index in [1.807, 2.05) is 6.58 Å². The minimum absolute atomic E-state index is 1.85. The van der Waals surface area contributed by atoms with Crippen LogP contribution in [0.4, 0.5) is 83.4 Å². The summed E-state index contributed by atoms with van der Waals surface area (Å²) in [5.41, 5.74) is -2.78. The molecule has 0 aliphatic heterocycles. The maximum Gasteiger partial charge on any atom is 0.460 e. The van der Waals surface area contributed by atoms with Gasteiger partial charge < -0.3 is 5.11 Å². The summed E-state index contributed by atoms with van der Waals surface area (Å²) in [6.45, 7) is 1.85. The van der Waals surface area contributed by atoms with E-state index in [1.54, 1.807) is 0 Å². The van der Waals surface area contributed by atoms with Crippen LogP contribution in [0.5, 0.6) is 0 Å². The van der Waals surface area contributed by atoms with Crippen molar-refractivity contribution in [3.63, 3.8) is 0 Å². The molecule has 0 amide bonds. The summed E-state index contributed by atoms with van der Waals surface area (Å²) in [7, 11) is 0. The zero-order valence-corrected chi connectivity index (χ0v) is 15.0. The van der Waals surface area contributed by atoms with Crippen molar-refractivity contribution in [3.05, 3.63) is 12.2 Å². The highest BCUT2D eigenvalue weighted by Gasteiger charge is 2.95. The van der Waals surface area contributed by atoms with Crippen molar-refractivity contribution >= 4 is 5.97 Å². The van der Waals surface area contributed by atoms with Gasteiger partial charge in [-0.2, -0.15) is 74.6 Å². The molecule has 0 aromatic rings. The Bertz CT molecular complexity index is 806. The molecule has 0 saturated heterocycles. The molecule has 21 heteroatoms. The lowest BCUT2D eigenvalue weighted by molar-refractivity contribution is -0.462. The van der Waals surface area contributed by atoms with Crippen LogP contribution in [0.1, 0.15) is 6.42 Å². The van der Waals surface area contributed by atoms with Crippen LogP contribution in [0, 0.1) is 0 Å². The van der Waals surface area contributed by atoms with Gasteiger partial charge in [0.05, 0.1) is 12.0 Å². The molecule has 0 aliphatic carbocycles. The average molecular weight is 554 g/mol. The number of alkyl halides is 19. The molecular weight excluding hydrogens is 549 g/mol. The molecule has 1 N–H and O–H groups in total. The van der Waals surface area contributed by atoms with Gasteiger partial charge >= 0.3 is 53.6 Å². The topological polar surface area (TPSA) is 37.3 Å². The van der Waals surface area contributed by atoms with Crippen molar-refractivity contribution in [1.82, 2.24) is 0 Å². The van der Waals surface area contributed by atoms with Crippen molar-refractivity contribution in [2.24, 2.45) is 0 Å². The maximum absolute atomic E-state index is 13.4. The van der Waals surface area contributed by atoms with E-state index < -0.39 is 71.5 Å². The molecule has 0 spiro atoms. The average Bonchev–Trinajstić information content (AvgIpc) is 2.57. The van der Waals surface area contributed by atoms with Crippen LogP contribution < -0.4 is 0 Å². The van der Waals surface area contributed by atoms with Crippen molar-refractivity contribution in [2.45, 2.75) is 60.0 Å². The molecule has 0 unspecified atom stereocenters. The fourth-order valence-electron chi connectivity index (χ4n) is 1.85. The molecular formula is C13H5F19O2. The molecule has 2 nitrogen and oxygen atoms in total. The molecule has 0 rings (SSSR count). The van der Waals surface area contributed by atoms with Crippen LogP contribution in [0.25, 0.3) is 0 Å². The molecule has 0 radical (unpaired) electrons. The zero-order valence-electron chi connectivity index (χ0n) is 15.0. The fourth-order valence-corrected chi connectivity index (χ4v) is 1.85. The van der Waals surface area contributed by atoms with Crippen LogP contribution >= 0.6 is 0 Å². The van der Waals surface area contributed by atoms with E-state index in [9.17, 15) is 88.2 Å². The SMILES string of the molecule is C=C(C(=O)O)C(F)(F)CC(F)(F)C(F)(F)C(F)(F)C(F)(F)C(F)(F)C(F)(F)C(F)(F)C(F)(F)F. The van der Waals surface area contributed by atoms with Gasteiger partial charge in [0.15, 0.2) is 0 Å². The minimum atomic E-state index is -8.91. The number of carboxylic acids is 1. The Morgan fingerprint density at radius 2 is 0.794 bits per heavy atom. The first-order valence-corrected chi connectivity index (χ1v) is 7.33. The van der Waals surface area contributed by atoms with E-state index in [4.69, 9.17) is 5.11 Å². The summed E-state index contributed by atoms with van der Waals surface area (Å²) >= 11 is 0. The predicted molar refractivity (Wildman–Crippen MR) is 67.0 cm³/mol. The highest BCUT2D eigenvalue weighted by molar-refractivity contribution is 5.87. The number of carboxylic acid groups (broad SMARTS) is 1. The predicted octanol–water partition coefficient (Wildman–Crippen LogP) is 6.66. The van der Waals surface area contributed by atoms with Crippen molar-refractivity contribution in [3.8, 4) is 0 Å². The van der Waals surface area contributed by atoms with Crippen LogP contribution in [-0.2, 0) is 4.79 Å². The molecule has 0 heterocycles. The lowest BCUT2D eigenvalue weighted by Gasteiger charge is -2.43. The third kappa shape index (κ3) is 4.22. The Balaban J connectivity index is 6.77. The number of rotatable bonds is 10. The minimum Gasteiger partial charge on any atom is -0.478 e. The molecule has 0 aliphatic rings. The van der Waals surface area contributed by atoms with Gasteiger partial charge in [0.2, 0.25) is 0 Å². The van der Waals surface area contributed by atoms with Gasteiger partial charge in [-0.3, -0.25) is 0 Å². The molecule has 0 saturated carbocycles. The summed E-state index contributed by atoms with van der Waals surface area (Å²) in [6, 6.07) is 0. The first kappa shape index (κ1) is 31.9. The fraction of sp³-hybridized carbons (Fsp3) is 0.769. The van der Waals surface area contributed by atoms with E-state index in [2.05, 4.69) is 0 Å². The largest absolute Gasteiger partial charge is 0.478 e. The quantitative estimate of drug-likeness (QED) is 0.242. The summed E-state index contributed by atoms with van der Waals surface area (Å²) in [4.78, 5) is 10.2. The van der Waals surface area contributed by atoms with Crippen LogP contribution in [0.2, 0.25) is 0 Å². The van der Waals surface area contributed by atoms with Gasteiger partial charge in [-0.05, 0) is 0 Å². The van der Waals surface area contributed by atoms with E-state index in [0.717, 1.165) is 0 Å². The Hall–Kier alpha value is -2.12. The number of carbonyl (C=O) groups is 1. The lowest BCUT2D eigenvalue weighted by Crippen LogP contribution is -2.74. The van der Waals surface area contributed by atoms with E-state index >= 15 is 0 Å². The van der Waals surface area contributed by atoms with Crippen molar-refractivity contribution < 1.29 is 93.3 Å². The van der Waals surface area contributed by atoms with E-state index in [0.29, 0.717) is 0 Å². The van der Waals surface area contributed by atoms with Crippen molar-refractivity contribution in [1.29, 1.82) is 0 Å². The number of halogens is 19. The second-order valence-electron chi connectivity index (χ2n) is 6.31.